The minimum Gasteiger partial charge on any atom is -0.335 e. The number of carbonyl (C=O) groups excluding carboxylic acids is 1. The molecule has 0 spiro atoms. The molecule has 1 amide bonds. The molecule has 0 aliphatic carbocycles. The fraction of sp³-hybridized carbons (Fsp3) is 0.600. The molecule has 2 atom stereocenters. The van der Waals surface area contributed by atoms with Crippen LogP contribution in [0.3, 0.4) is 0 Å². The Bertz CT molecular complexity index is 366. The number of rotatable bonds is 1. The third-order valence-corrected chi connectivity index (χ3v) is 3.57. The topological polar surface area (TPSA) is 59.2 Å². The van der Waals surface area contributed by atoms with Crippen molar-refractivity contribution in [2.45, 2.75) is 19.9 Å². The number of thiazole rings is 1. The van der Waals surface area contributed by atoms with Gasteiger partial charge in [0, 0.05) is 24.5 Å². The molecule has 1 aromatic rings. The number of nitrogens with two attached hydrogens (primary N) is 1. The Balaban J connectivity index is 2.10. The minimum atomic E-state index is 0.0131. The highest BCUT2D eigenvalue weighted by atomic mass is 32.1. The molecular weight excluding hydrogens is 210 g/mol. The molecule has 4 nitrogen and oxygen atoms in total. The van der Waals surface area contributed by atoms with Crippen LogP contribution in [0.25, 0.3) is 0 Å². The van der Waals surface area contributed by atoms with Gasteiger partial charge in [-0.15, -0.1) is 11.3 Å². The summed E-state index contributed by atoms with van der Waals surface area (Å²) in [5, 5.41) is 2.74. The highest BCUT2D eigenvalue weighted by Crippen LogP contribution is 2.18. The van der Waals surface area contributed by atoms with Crippen LogP contribution >= 0.6 is 11.3 Å². The van der Waals surface area contributed by atoms with Crippen molar-refractivity contribution in [1.82, 2.24) is 9.88 Å². The molecule has 0 aromatic carbocycles. The molecule has 2 heterocycles. The third kappa shape index (κ3) is 2.03. The predicted molar refractivity (Wildman–Crippen MR) is 59.9 cm³/mol. The second kappa shape index (κ2) is 3.90. The van der Waals surface area contributed by atoms with E-state index in [2.05, 4.69) is 11.9 Å². The van der Waals surface area contributed by atoms with Gasteiger partial charge in [-0.1, -0.05) is 6.92 Å². The van der Waals surface area contributed by atoms with Gasteiger partial charge in [0.05, 0.1) is 5.01 Å². The second-order valence-electron chi connectivity index (χ2n) is 4.10. The van der Waals surface area contributed by atoms with Gasteiger partial charge < -0.3 is 10.6 Å². The number of nitrogens with zero attached hydrogens (tertiary/aromatic N) is 2. The lowest BCUT2D eigenvalue weighted by Gasteiger charge is -2.13. The Hall–Kier alpha value is -0.940. The van der Waals surface area contributed by atoms with Gasteiger partial charge in [-0.25, -0.2) is 4.98 Å². The fourth-order valence-corrected chi connectivity index (χ4v) is 2.37. The Morgan fingerprint density at radius 3 is 2.87 bits per heavy atom. The van der Waals surface area contributed by atoms with Gasteiger partial charge in [0.25, 0.3) is 5.91 Å². The van der Waals surface area contributed by atoms with Gasteiger partial charge in [-0.3, -0.25) is 4.79 Å². The van der Waals surface area contributed by atoms with Crippen molar-refractivity contribution in [2.75, 3.05) is 13.1 Å². The number of hydrogen-bond donors (Lipinski definition) is 1. The summed E-state index contributed by atoms with van der Waals surface area (Å²) >= 11 is 1.50. The maximum Gasteiger partial charge on any atom is 0.273 e. The Morgan fingerprint density at radius 2 is 2.40 bits per heavy atom. The average molecular weight is 225 g/mol. The van der Waals surface area contributed by atoms with Crippen molar-refractivity contribution in [3.8, 4) is 0 Å². The summed E-state index contributed by atoms with van der Waals surface area (Å²) in [5.74, 6) is 0.396. The quantitative estimate of drug-likeness (QED) is 0.771. The monoisotopic (exact) mass is 225 g/mol. The van der Waals surface area contributed by atoms with E-state index >= 15 is 0 Å². The highest BCUT2D eigenvalue weighted by molar-refractivity contribution is 7.09. The highest BCUT2D eigenvalue weighted by Gasteiger charge is 2.31. The number of carbonyl (C=O) groups is 1. The molecule has 0 saturated carbocycles. The zero-order valence-electron chi connectivity index (χ0n) is 8.93. The molecule has 0 bridgehead atoms. The summed E-state index contributed by atoms with van der Waals surface area (Å²) in [6.07, 6.45) is 0. The normalized spacial score (nSPS) is 25.9. The van der Waals surface area contributed by atoms with E-state index in [1.807, 2.05) is 12.3 Å². The zero-order chi connectivity index (χ0) is 11.0. The lowest BCUT2D eigenvalue weighted by Crippen LogP contribution is -2.32. The Morgan fingerprint density at radius 1 is 1.67 bits per heavy atom. The first-order valence-corrected chi connectivity index (χ1v) is 5.93. The fourth-order valence-electron chi connectivity index (χ4n) is 1.78. The van der Waals surface area contributed by atoms with Crippen LogP contribution in [0.4, 0.5) is 0 Å². The summed E-state index contributed by atoms with van der Waals surface area (Å²) in [7, 11) is 0. The van der Waals surface area contributed by atoms with Crippen molar-refractivity contribution < 1.29 is 4.79 Å². The van der Waals surface area contributed by atoms with Crippen LogP contribution in [0.1, 0.15) is 22.4 Å². The molecule has 2 unspecified atom stereocenters. The van der Waals surface area contributed by atoms with Crippen molar-refractivity contribution in [1.29, 1.82) is 0 Å². The molecule has 2 rings (SSSR count). The van der Waals surface area contributed by atoms with Gasteiger partial charge in [0.15, 0.2) is 0 Å². The first kappa shape index (κ1) is 10.6. The van der Waals surface area contributed by atoms with Crippen LogP contribution in [0, 0.1) is 12.8 Å². The first-order chi connectivity index (χ1) is 7.08. The van der Waals surface area contributed by atoms with Crippen LogP contribution in [-0.4, -0.2) is 34.9 Å². The molecule has 1 aliphatic heterocycles. The van der Waals surface area contributed by atoms with Crippen LogP contribution in [-0.2, 0) is 0 Å². The summed E-state index contributed by atoms with van der Waals surface area (Å²) < 4.78 is 0. The molecular formula is C10H15N3OS. The standard InChI is InChI=1S/C10H15N3OS/c1-6-3-13(4-8(6)11)10(14)9-5-15-7(2)12-9/h5-6,8H,3-4,11H2,1-2H3. The summed E-state index contributed by atoms with van der Waals surface area (Å²) in [6.45, 7) is 5.37. The molecule has 82 valence electrons. The molecule has 1 aliphatic rings. The van der Waals surface area contributed by atoms with Crippen molar-refractivity contribution in [3.05, 3.63) is 16.1 Å². The number of aromatic nitrogens is 1. The lowest BCUT2D eigenvalue weighted by molar-refractivity contribution is 0.0781. The summed E-state index contributed by atoms with van der Waals surface area (Å²) in [4.78, 5) is 18.0. The first-order valence-electron chi connectivity index (χ1n) is 5.05. The second-order valence-corrected chi connectivity index (χ2v) is 5.17. The molecule has 15 heavy (non-hydrogen) atoms. The minimum absolute atomic E-state index is 0.0131. The molecule has 1 saturated heterocycles. The number of likely N-dealkylation sites (tertiary alicyclic amines) is 1. The van der Waals surface area contributed by atoms with E-state index in [4.69, 9.17) is 5.73 Å². The van der Waals surface area contributed by atoms with Gasteiger partial charge in [-0.2, -0.15) is 0 Å². The average Bonchev–Trinajstić information content (AvgIpc) is 2.74. The van der Waals surface area contributed by atoms with Crippen LogP contribution in [0.2, 0.25) is 0 Å². The maximum absolute atomic E-state index is 12.0. The molecule has 1 fully saturated rings. The Labute approximate surface area is 93.1 Å². The van der Waals surface area contributed by atoms with Crippen molar-refractivity contribution >= 4 is 17.2 Å². The van der Waals surface area contributed by atoms with E-state index < -0.39 is 0 Å². The SMILES string of the molecule is Cc1nc(C(=O)N2CC(C)C(N)C2)cs1. The van der Waals surface area contributed by atoms with E-state index in [0.717, 1.165) is 11.6 Å². The van der Waals surface area contributed by atoms with Crippen LogP contribution in [0.15, 0.2) is 5.38 Å². The van der Waals surface area contributed by atoms with Crippen LogP contribution < -0.4 is 5.73 Å². The lowest BCUT2D eigenvalue weighted by atomic mass is 10.1. The molecule has 5 heteroatoms. The Kier molecular flexibility index (Phi) is 2.75. The van der Waals surface area contributed by atoms with E-state index in [1.54, 1.807) is 4.90 Å². The van der Waals surface area contributed by atoms with Crippen LogP contribution in [0.5, 0.6) is 0 Å². The molecule has 0 radical (unpaired) electrons. The predicted octanol–water partition coefficient (Wildman–Crippen LogP) is 0.871. The zero-order valence-corrected chi connectivity index (χ0v) is 9.75. The van der Waals surface area contributed by atoms with E-state index in [9.17, 15) is 4.79 Å². The molecule has 2 N–H and O–H groups in total. The van der Waals surface area contributed by atoms with Gasteiger partial charge in [-0.05, 0) is 12.8 Å². The summed E-state index contributed by atoms with van der Waals surface area (Å²) in [6, 6.07) is 0.105. The van der Waals surface area contributed by atoms with E-state index in [-0.39, 0.29) is 11.9 Å². The van der Waals surface area contributed by atoms with Crippen molar-refractivity contribution in [2.24, 2.45) is 11.7 Å². The number of aryl methyl sites for hydroxylation is 1. The third-order valence-electron chi connectivity index (χ3n) is 2.80. The van der Waals surface area contributed by atoms with Gasteiger partial charge >= 0.3 is 0 Å². The largest absolute Gasteiger partial charge is 0.335 e. The van der Waals surface area contributed by atoms with Crippen molar-refractivity contribution in [3.63, 3.8) is 0 Å². The van der Waals surface area contributed by atoms with E-state index in [0.29, 0.717) is 18.2 Å². The maximum atomic E-state index is 12.0. The molecule has 1 aromatic heterocycles. The number of amides is 1. The smallest absolute Gasteiger partial charge is 0.273 e. The number of hydrogen-bond acceptors (Lipinski definition) is 4. The summed E-state index contributed by atoms with van der Waals surface area (Å²) in [5.41, 5.74) is 6.43. The van der Waals surface area contributed by atoms with E-state index in [1.165, 1.54) is 11.3 Å². The van der Waals surface area contributed by atoms with Gasteiger partial charge in [0.1, 0.15) is 5.69 Å². The van der Waals surface area contributed by atoms with Gasteiger partial charge in [0.2, 0.25) is 0 Å².